The lowest BCUT2D eigenvalue weighted by molar-refractivity contribution is 0.166. The summed E-state index contributed by atoms with van der Waals surface area (Å²) in [5, 5.41) is 16.4. The second kappa shape index (κ2) is 7.09. The minimum absolute atomic E-state index is 0.555. The molecule has 1 aromatic carbocycles. The molecule has 0 amide bonds. The van der Waals surface area contributed by atoms with Gasteiger partial charge in [0.25, 0.3) is 0 Å². The van der Waals surface area contributed by atoms with Crippen LogP contribution in [0.2, 0.25) is 10.0 Å². The summed E-state index contributed by atoms with van der Waals surface area (Å²) in [7, 11) is 0. The normalized spacial score (nSPS) is 12.7. The highest BCUT2D eigenvalue weighted by Gasteiger charge is 2.21. The van der Waals surface area contributed by atoms with Gasteiger partial charge in [0, 0.05) is 22.3 Å². The van der Waals surface area contributed by atoms with E-state index in [0.29, 0.717) is 22.1 Å². The number of rotatable bonds is 5. The smallest absolute Gasteiger partial charge is 0.161 e. The van der Waals surface area contributed by atoms with Crippen molar-refractivity contribution in [3.63, 3.8) is 0 Å². The maximum Gasteiger partial charge on any atom is 0.161 e. The van der Waals surface area contributed by atoms with Gasteiger partial charge in [-0.25, -0.2) is 9.50 Å². The molecule has 0 spiro atoms. The predicted molar refractivity (Wildman–Crippen MR) is 97.7 cm³/mol. The molecule has 1 N–H and O–H groups in total. The Kier molecular flexibility index (Phi) is 5.09. The summed E-state index contributed by atoms with van der Waals surface area (Å²) in [4.78, 5) is 4.46. The molecule has 6 heteroatoms. The second-order valence-corrected chi connectivity index (χ2v) is 6.55. The Hall–Kier alpha value is -1.62. The van der Waals surface area contributed by atoms with Crippen LogP contribution in [0.5, 0.6) is 0 Å². The van der Waals surface area contributed by atoms with Crippen LogP contribution >= 0.6 is 23.2 Å². The number of fused-ring (bicyclic) bond motifs is 1. The maximum absolute atomic E-state index is 10.5. The lowest BCUT2D eigenvalue weighted by Crippen LogP contribution is -2.01. The number of aliphatic hydroxyl groups excluding tert-OH is 1. The molecular formula is C18H19Cl2N3O. The predicted octanol–water partition coefficient (Wildman–Crippen LogP) is 5.10. The molecular weight excluding hydrogens is 345 g/mol. The third kappa shape index (κ3) is 3.02. The molecule has 0 fully saturated rings. The summed E-state index contributed by atoms with van der Waals surface area (Å²) in [6.45, 7) is 4.08. The van der Waals surface area contributed by atoms with Crippen LogP contribution < -0.4 is 0 Å². The lowest BCUT2D eigenvalue weighted by atomic mass is 10.0. The van der Waals surface area contributed by atoms with Crippen molar-refractivity contribution in [1.29, 1.82) is 0 Å². The van der Waals surface area contributed by atoms with Crippen molar-refractivity contribution in [2.75, 3.05) is 0 Å². The Bertz CT molecular complexity index is 876. The first kappa shape index (κ1) is 17.2. The van der Waals surface area contributed by atoms with Crippen molar-refractivity contribution in [1.82, 2.24) is 14.6 Å². The SMILES string of the molecule is CCCC(O)c1c(CC)nn2c(-c3ccc(Cl)cc3Cl)ccnc12. The van der Waals surface area contributed by atoms with Gasteiger partial charge in [-0.1, -0.05) is 43.5 Å². The van der Waals surface area contributed by atoms with E-state index in [-0.39, 0.29) is 0 Å². The summed E-state index contributed by atoms with van der Waals surface area (Å²) >= 11 is 12.4. The standard InChI is InChI=1S/C18H19Cl2N3O/c1-3-5-16(24)17-14(4-2)22-23-15(8-9-21-18(17)23)12-7-6-11(19)10-13(12)20/h6-10,16,24H,3-5H2,1-2H3. The highest BCUT2D eigenvalue weighted by molar-refractivity contribution is 6.36. The van der Waals surface area contributed by atoms with Crippen LogP contribution in [0.4, 0.5) is 0 Å². The largest absolute Gasteiger partial charge is 0.388 e. The molecule has 2 aromatic heterocycles. The molecule has 3 aromatic rings. The summed E-state index contributed by atoms with van der Waals surface area (Å²) < 4.78 is 1.77. The molecule has 3 rings (SSSR count). The van der Waals surface area contributed by atoms with Crippen LogP contribution in [0.3, 0.4) is 0 Å². The zero-order chi connectivity index (χ0) is 17.3. The zero-order valence-electron chi connectivity index (χ0n) is 13.6. The minimum Gasteiger partial charge on any atom is -0.388 e. The average molecular weight is 364 g/mol. The highest BCUT2D eigenvalue weighted by atomic mass is 35.5. The van der Waals surface area contributed by atoms with Gasteiger partial charge in [0.2, 0.25) is 0 Å². The van der Waals surface area contributed by atoms with E-state index < -0.39 is 6.10 Å². The van der Waals surface area contributed by atoms with Crippen LogP contribution in [-0.4, -0.2) is 19.7 Å². The molecule has 2 heterocycles. The van der Waals surface area contributed by atoms with Crippen molar-refractivity contribution in [3.8, 4) is 11.3 Å². The summed E-state index contributed by atoms with van der Waals surface area (Å²) in [6.07, 6.45) is 3.46. The van der Waals surface area contributed by atoms with Crippen molar-refractivity contribution in [2.45, 2.75) is 39.2 Å². The molecule has 24 heavy (non-hydrogen) atoms. The average Bonchev–Trinajstić information content (AvgIpc) is 2.94. The number of hydrogen-bond donors (Lipinski definition) is 1. The Balaban J connectivity index is 2.24. The van der Waals surface area contributed by atoms with E-state index in [9.17, 15) is 5.11 Å². The second-order valence-electron chi connectivity index (χ2n) is 5.71. The number of hydrogen-bond acceptors (Lipinski definition) is 3. The van der Waals surface area contributed by atoms with E-state index in [4.69, 9.17) is 23.2 Å². The Morgan fingerprint density at radius 3 is 2.67 bits per heavy atom. The van der Waals surface area contributed by atoms with Gasteiger partial charge in [-0.05, 0) is 37.1 Å². The van der Waals surface area contributed by atoms with Crippen LogP contribution in [0.1, 0.15) is 44.1 Å². The minimum atomic E-state index is -0.564. The van der Waals surface area contributed by atoms with Crippen molar-refractivity contribution >= 4 is 28.8 Å². The van der Waals surface area contributed by atoms with E-state index >= 15 is 0 Å². The van der Waals surface area contributed by atoms with Crippen LogP contribution in [0, 0.1) is 0 Å². The molecule has 1 unspecified atom stereocenters. The van der Waals surface area contributed by atoms with Gasteiger partial charge in [-0.2, -0.15) is 5.10 Å². The first-order chi connectivity index (χ1) is 11.6. The lowest BCUT2D eigenvalue weighted by Gasteiger charge is -2.10. The molecule has 1 atom stereocenters. The number of benzene rings is 1. The first-order valence-electron chi connectivity index (χ1n) is 8.06. The molecule has 4 nitrogen and oxygen atoms in total. The number of aryl methyl sites for hydroxylation is 1. The van der Waals surface area contributed by atoms with E-state index in [2.05, 4.69) is 10.1 Å². The number of aromatic nitrogens is 3. The zero-order valence-corrected chi connectivity index (χ0v) is 15.1. The van der Waals surface area contributed by atoms with Gasteiger partial charge >= 0.3 is 0 Å². The molecule has 0 radical (unpaired) electrons. The van der Waals surface area contributed by atoms with Crippen molar-refractivity contribution in [3.05, 3.63) is 51.8 Å². The molecule has 0 saturated carbocycles. The summed E-state index contributed by atoms with van der Waals surface area (Å²) in [6, 6.07) is 7.24. The fourth-order valence-electron chi connectivity index (χ4n) is 2.93. The van der Waals surface area contributed by atoms with E-state index in [0.717, 1.165) is 35.4 Å². The number of aliphatic hydroxyl groups is 1. The third-order valence-corrected chi connectivity index (χ3v) is 4.62. The summed E-state index contributed by atoms with van der Waals surface area (Å²) in [5.74, 6) is 0. The van der Waals surface area contributed by atoms with Gasteiger partial charge in [0.05, 0.1) is 22.5 Å². The Morgan fingerprint density at radius 2 is 2.00 bits per heavy atom. The van der Waals surface area contributed by atoms with Gasteiger partial charge in [0.1, 0.15) is 0 Å². The number of nitrogens with zero attached hydrogens (tertiary/aromatic N) is 3. The quantitative estimate of drug-likeness (QED) is 0.685. The topological polar surface area (TPSA) is 50.4 Å². The molecule has 0 saturated heterocycles. The van der Waals surface area contributed by atoms with Gasteiger partial charge in [0.15, 0.2) is 5.65 Å². The highest BCUT2D eigenvalue weighted by Crippen LogP contribution is 2.33. The van der Waals surface area contributed by atoms with Crippen molar-refractivity contribution in [2.24, 2.45) is 0 Å². The van der Waals surface area contributed by atoms with Crippen molar-refractivity contribution < 1.29 is 5.11 Å². The van der Waals surface area contributed by atoms with Crippen LogP contribution in [-0.2, 0) is 6.42 Å². The van der Waals surface area contributed by atoms with E-state index in [1.807, 2.05) is 26.0 Å². The Morgan fingerprint density at radius 1 is 1.21 bits per heavy atom. The van der Waals surface area contributed by atoms with Crippen LogP contribution in [0.25, 0.3) is 16.9 Å². The molecule has 0 aliphatic rings. The molecule has 0 bridgehead atoms. The van der Waals surface area contributed by atoms with E-state index in [1.165, 1.54) is 0 Å². The fourth-order valence-corrected chi connectivity index (χ4v) is 3.43. The molecule has 126 valence electrons. The Labute approximate surface area is 151 Å². The third-order valence-electron chi connectivity index (χ3n) is 4.07. The summed E-state index contributed by atoms with van der Waals surface area (Å²) in [5.41, 5.74) is 4.00. The molecule has 0 aliphatic heterocycles. The molecule has 0 aliphatic carbocycles. The number of halogens is 2. The fraction of sp³-hybridized carbons (Fsp3) is 0.333. The monoisotopic (exact) mass is 363 g/mol. The van der Waals surface area contributed by atoms with Crippen LogP contribution in [0.15, 0.2) is 30.5 Å². The van der Waals surface area contributed by atoms with Gasteiger partial charge in [-0.3, -0.25) is 0 Å². The first-order valence-corrected chi connectivity index (χ1v) is 8.82. The van der Waals surface area contributed by atoms with E-state index in [1.54, 1.807) is 22.8 Å². The maximum atomic E-state index is 10.5. The van der Waals surface area contributed by atoms with Gasteiger partial charge < -0.3 is 5.11 Å². The van der Waals surface area contributed by atoms with Gasteiger partial charge in [-0.15, -0.1) is 0 Å².